The van der Waals surface area contributed by atoms with Gasteiger partial charge in [0.05, 0.1) is 31.0 Å². The summed E-state index contributed by atoms with van der Waals surface area (Å²) in [4.78, 5) is 25.4. The van der Waals surface area contributed by atoms with E-state index < -0.39 is 5.60 Å². The van der Waals surface area contributed by atoms with Crippen LogP contribution in [0.4, 0.5) is 4.79 Å². The summed E-state index contributed by atoms with van der Waals surface area (Å²) >= 11 is 0. The molecule has 3 saturated carbocycles. The molecule has 7 heteroatoms. The minimum atomic E-state index is -0.489. The molecular weight excluding hydrogens is 464 g/mol. The van der Waals surface area contributed by atoms with E-state index in [0.717, 1.165) is 23.8 Å². The van der Waals surface area contributed by atoms with Gasteiger partial charge in [-0.3, -0.25) is 9.88 Å². The maximum atomic E-state index is 12.2. The van der Waals surface area contributed by atoms with Crippen LogP contribution in [0.5, 0.6) is 5.75 Å². The molecule has 3 aromatic rings. The van der Waals surface area contributed by atoms with Gasteiger partial charge in [-0.05, 0) is 83.1 Å². The lowest BCUT2D eigenvalue weighted by Crippen LogP contribution is -2.71. The lowest BCUT2D eigenvalue weighted by molar-refractivity contribution is -0.174. The Kier molecular flexibility index (Phi) is 4.97. The molecule has 37 heavy (non-hydrogen) atoms. The molecule has 1 aromatic carbocycles. The standard InChI is InChI=1S/C30H36N4O3/c1-18-11-23-22-7-5-6-8-24(22)32-26(23)27(34(18)30-12-19(13-30)14-30)25-10-9-20(15-31-25)36-21-16-33(17-21)28(35)37-29(2,3)4/h5-10,15,18-19,21,27,32H,11-14,16-17H2,1-4H3/t18-,19?,27-,30?/m1/s1. The summed E-state index contributed by atoms with van der Waals surface area (Å²) in [7, 11) is 0. The molecule has 5 aliphatic rings. The molecular formula is C30H36N4O3. The summed E-state index contributed by atoms with van der Waals surface area (Å²) in [6.45, 7) is 9.11. The van der Waals surface area contributed by atoms with Gasteiger partial charge >= 0.3 is 6.09 Å². The van der Waals surface area contributed by atoms with Crippen molar-refractivity contribution in [3.8, 4) is 5.75 Å². The van der Waals surface area contributed by atoms with Crippen LogP contribution in [0.25, 0.3) is 10.9 Å². The first kappa shape index (κ1) is 23.1. The predicted molar refractivity (Wildman–Crippen MR) is 142 cm³/mol. The fourth-order valence-corrected chi connectivity index (χ4v) is 7.05. The number of pyridine rings is 1. The molecule has 0 unspecified atom stereocenters. The fourth-order valence-electron chi connectivity index (χ4n) is 7.05. The number of ether oxygens (including phenoxy) is 2. The van der Waals surface area contributed by atoms with E-state index in [4.69, 9.17) is 14.5 Å². The molecule has 2 aliphatic heterocycles. The first-order valence-corrected chi connectivity index (χ1v) is 13.7. The quantitative estimate of drug-likeness (QED) is 0.516. The van der Waals surface area contributed by atoms with Crippen LogP contribution in [0.1, 0.15) is 70.0 Å². The van der Waals surface area contributed by atoms with Gasteiger partial charge in [0.25, 0.3) is 0 Å². The molecule has 1 N–H and O–H groups in total. The number of benzene rings is 1. The minimum Gasteiger partial charge on any atom is -0.485 e. The Hall–Kier alpha value is -3.06. The lowest BCUT2D eigenvalue weighted by Gasteiger charge is -2.69. The number of aromatic amines is 1. The number of rotatable bonds is 4. The molecule has 1 amide bonds. The van der Waals surface area contributed by atoms with Gasteiger partial charge in [-0.15, -0.1) is 0 Å². The van der Waals surface area contributed by atoms with Crippen molar-refractivity contribution in [2.75, 3.05) is 13.1 Å². The van der Waals surface area contributed by atoms with Crippen LogP contribution in [0, 0.1) is 5.92 Å². The molecule has 3 aliphatic carbocycles. The zero-order chi connectivity index (χ0) is 25.5. The number of para-hydroxylation sites is 1. The molecule has 2 bridgehead atoms. The Bertz CT molecular complexity index is 1330. The van der Waals surface area contributed by atoms with Crippen molar-refractivity contribution in [1.82, 2.24) is 19.8 Å². The molecule has 8 rings (SSSR count). The number of amides is 1. The largest absolute Gasteiger partial charge is 0.485 e. The summed E-state index contributed by atoms with van der Waals surface area (Å²) < 4.78 is 11.6. The maximum absolute atomic E-state index is 12.2. The van der Waals surface area contributed by atoms with E-state index in [1.54, 1.807) is 4.90 Å². The van der Waals surface area contributed by atoms with Gasteiger partial charge in [-0.25, -0.2) is 4.79 Å². The van der Waals surface area contributed by atoms with Crippen molar-refractivity contribution < 1.29 is 14.3 Å². The van der Waals surface area contributed by atoms with Crippen LogP contribution in [0.15, 0.2) is 42.6 Å². The topological polar surface area (TPSA) is 70.7 Å². The summed E-state index contributed by atoms with van der Waals surface area (Å²) in [5.74, 6) is 1.67. The van der Waals surface area contributed by atoms with Gasteiger partial charge in [-0.1, -0.05) is 18.2 Å². The highest BCUT2D eigenvalue weighted by atomic mass is 16.6. The Morgan fingerprint density at radius 2 is 1.86 bits per heavy atom. The van der Waals surface area contributed by atoms with E-state index in [-0.39, 0.29) is 18.2 Å². The van der Waals surface area contributed by atoms with E-state index in [2.05, 4.69) is 47.1 Å². The van der Waals surface area contributed by atoms with Gasteiger partial charge in [0, 0.05) is 28.2 Å². The molecule has 0 radical (unpaired) electrons. The maximum Gasteiger partial charge on any atom is 0.410 e. The first-order chi connectivity index (χ1) is 17.7. The van der Waals surface area contributed by atoms with Crippen LogP contribution in [-0.4, -0.2) is 62.2 Å². The lowest BCUT2D eigenvalue weighted by atomic mass is 9.48. The third kappa shape index (κ3) is 3.73. The van der Waals surface area contributed by atoms with Crippen molar-refractivity contribution in [1.29, 1.82) is 0 Å². The van der Waals surface area contributed by atoms with Crippen LogP contribution >= 0.6 is 0 Å². The Labute approximate surface area is 218 Å². The molecule has 4 heterocycles. The predicted octanol–water partition coefficient (Wildman–Crippen LogP) is 5.45. The SMILES string of the molecule is C[C@@H]1Cc2c([nH]c3ccccc23)[C@@H](c2ccc(OC3CN(C(=O)OC(C)(C)C)C3)cn2)N1C12CC(C1)C2. The fraction of sp³-hybridized carbons (Fsp3) is 0.533. The van der Waals surface area contributed by atoms with Gasteiger partial charge in [0.1, 0.15) is 17.5 Å². The highest BCUT2D eigenvalue weighted by Gasteiger charge is 2.63. The second kappa shape index (κ2) is 7.97. The zero-order valence-electron chi connectivity index (χ0n) is 22.2. The molecule has 7 nitrogen and oxygen atoms in total. The molecule has 2 aromatic heterocycles. The van der Waals surface area contributed by atoms with Gasteiger partial charge in [-0.2, -0.15) is 0 Å². The Morgan fingerprint density at radius 3 is 2.51 bits per heavy atom. The summed E-state index contributed by atoms with van der Waals surface area (Å²) in [6, 6.07) is 13.4. The monoisotopic (exact) mass is 500 g/mol. The minimum absolute atomic E-state index is 0.0348. The summed E-state index contributed by atoms with van der Waals surface area (Å²) in [5, 5.41) is 1.34. The number of carbonyl (C=O) groups excluding carboxylic acids is 1. The van der Waals surface area contributed by atoms with Crippen LogP contribution in [-0.2, 0) is 11.2 Å². The number of H-pyrrole nitrogens is 1. The average Bonchev–Trinajstić information content (AvgIpc) is 3.11. The average molecular weight is 501 g/mol. The third-order valence-electron chi connectivity index (χ3n) is 8.77. The van der Waals surface area contributed by atoms with Crippen molar-refractivity contribution in [3.63, 3.8) is 0 Å². The summed E-state index contributed by atoms with van der Waals surface area (Å²) in [6.07, 6.45) is 6.57. The number of nitrogens with zero attached hydrogens (tertiary/aromatic N) is 3. The van der Waals surface area contributed by atoms with E-state index in [1.807, 2.05) is 33.0 Å². The Morgan fingerprint density at radius 1 is 1.11 bits per heavy atom. The molecule has 194 valence electrons. The second-order valence-electron chi connectivity index (χ2n) is 12.7. The van der Waals surface area contributed by atoms with Crippen LogP contribution < -0.4 is 4.74 Å². The number of aromatic nitrogens is 2. The van der Waals surface area contributed by atoms with Crippen LogP contribution in [0.3, 0.4) is 0 Å². The highest BCUT2D eigenvalue weighted by molar-refractivity contribution is 5.85. The molecule has 1 saturated heterocycles. The van der Waals surface area contributed by atoms with E-state index in [1.165, 1.54) is 41.4 Å². The number of fused-ring (bicyclic) bond motifs is 3. The number of hydrogen-bond acceptors (Lipinski definition) is 5. The third-order valence-corrected chi connectivity index (χ3v) is 8.77. The summed E-state index contributed by atoms with van der Waals surface area (Å²) in [5.41, 5.74) is 4.87. The van der Waals surface area contributed by atoms with E-state index in [0.29, 0.717) is 24.7 Å². The first-order valence-electron chi connectivity index (χ1n) is 13.7. The molecule has 0 spiro atoms. The smallest absolute Gasteiger partial charge is 0.410 e. The van der Waals surface area contributed by atoms with E-state index in [9.17, 15) is 4.79 Å². The van der Waals surface area contributed by atoms with Crippen molar-refractivity contribution in [2.45, 2.75) is 82.7 Å². The van der Waals surface area contributed by atoms with Gasteiger partial charge in [0.2, 0.25) is 0 Å². The number of nitrogens with one attached hydrogen (secondary N) is 1. The van der Waals surface area contributed by atoms with Crippen molar-refractivity contribution in [2.24, 2.45) is 5.92 Å². The highest BCUT2D eigenvalue weighted by Crippen LogP contribution is 2.64. The van der Waals surface area contributed by atoms with Gasteiger partial charge < -0.3 is 19.4 Å². The number of hydrogen-bond donors (Lipinski definition) is 1. The molecule has 4 fully saturated rings. The number of likely N-dealkylation sites (tertiary alicyclic amines) is 1. The Balaban J connectivity index is 1.13. The molecule has 2 atom stereocenters. The normalized spacial score (nSPS) is 29.2. The van der Waals surface area contributed by atoms with E-state index >= 15 is 0 Å². The number of carbonyl (C=O) groups is 1. The van der Waals surface area contributed by atoms with Crippen molar-refractivity contribution >= 4 is 17.0 Å². The van der Waals surface area contributed by atoms with Gasteiger partial charge in [0.15, 0.2) is 0 Å². The zero-order valence-corrected chi connectivity index (χ0v) is 22.2. The van der Waals surface area contributed by atoms with Crippen molar-refractivity contribution in [3.05, 3.63) is 59.5 Å². The van der Waals surface area contributed by atoms with Crippen LogP contribution in [0.2, 0.25) is 0 Å². The second-order valence-corrected chi connectivity index (χ2v) is 12.7.